The minimum atomic E-state index is -3.97. The van der Waals surface area contributed by atoms with Crippen LogP contribution in [0.1, 0.15) is 10.4 Å². The molecule has 0 aliphatic carbocycles. The van der Waals surface area contributed by atoms with Gasteiger partial charge in [0.2, 0.25) is 5.09 Å². The standard InChI is InChI=1S/C29H25FN4O6S2/c1-41(36,37)22-8-9-23(20-4-6-21(30)7-5-20)25(19-22)29(35)33-16-14-32(15-17-33)26-10-12-31-28-24(26)11-13-34(28)42(38,39)27-3-2-18-40-27/h2-13,18-19H,14-17H2,1H3. The van der Waals surface area contributed by atoms with Crippen LogP contribution in [0, 0.1) is 5.82 Å². The van der Waals surface area contributed by atoms with Crippen LogP contribution >= 0.6 is 0 Å². The molecule has 10 nitrogen and oxygen atoms in total. The van der Waals surface area contributed by atoms with Crippen LogP contribution in [0.15, 0.2) is 99.8 Å². The van der Waals surface area contributed by atoms with E-state index in [0.29, 0.717) is 42.7 Å². The summed E-state index contributed by atoms with van der Waals surface area (Å²) in [6.45, 7) is 1.55. The number of carbonyl (C=O) groups excluding carboxylic acids is 1. The van der Waals surface area contributed by atoms with E-state index in [1.165, 1.54) is 55.1 Å². The normalized spacial score (nSPS) is 14.4. The van der Waals surface area contributed by atoms with Crippen LogP contribution in [0.25, 0.3) is 22.2 Å². The lowest BCUT2D eigenvalue weighted by Crippen LogP contribution is -2.49. The Morgan fingerprint density at radius 2 is 1.67 bits per heavy atom. The van der Waals surface area contributed by atoms with E-state index in [-0.39, 0.29) is 27.1 Å². The van der Waals surface area contributed by atoms with E-state index in [1.54, 1.807) is 35.2 Å². The van der Waals surface area contributed by atoms with Gasteiger partial charge in [-0.1, -0.05) is 18.2 Å². The molecule has 0 atom stereocenters. The van der Waals surface area contributed by atoms with Crippen LogP contribution in [0.3, 0.4) is 0 Å². The number of amides is 1. The Bertz CT molecular complexity index is 2010. The zero-order valence-corrected chi connectivity index (χ0v) is 24.0. The number of aromatic nitrogens is 2. The third-order valence-corrected chi connectivity index (χ3v) is 9.92. The predicted octanol–water partition coefficient (Wildman–Crippen LogP) is 4.04. The molecular formula is C29H25FN4O6S2. The highest BCUT2D eigenvalue weighted by molar-refractivity contribution is 7.90. The second kappa shape index (κ2) is 10.4. The number of benzene rings is 2. The van der Waals surface area contributed by atoms with Crippen LogP contribution < -0.4 is 4.90 Å². The summed E-state index contributed by atoms with van der Waals surface area (Å²) in [7, 11) is -7.55. The third kappa shape index (κ3) is 4.94. The monoisotopic (exact) mass is 608 g/mol. The number of furan rings is 1. The van der Waals surface area contributed by atoms with Crippen molar-refractivity contribution in [2.75, 3.05) is 37.3 Å². The summed E-state index contributed by atoms with van der Waals surface area (Å²) in [6.07, 6.45) is 5.34. The molecule has 5 aromatic rings. The summed E-state index contributed by atoms with van der Waals surface area (Å²) >= 11 is 0. The molecule has 6 rings (SSSR count). The molecule has 2 aromatic carbocycles. The number of hydrogen-bond donors (Lipinski definition) is 0. The van der Waals surface area contributed by atoms with Gasteiger partial charge in [0.1, 0.15) is 5.82 Å². The Morgan fingerprint density at radius 1 is 0.929 bits per heavy atom. The van der Waals surface area contributed by atoms with Gasteiger partial charge < -0.3 is 14.2 Å². The SMILES string of the molecule is CS(=O)(=O)c1ccc(-c2ccc(F)cc2)c(C(=O)N2CCN(c3ccnc4c3ccn4S(=O)(=O)c3ccco3)CC2)c1. The fourth-order valence-electron chi connectivity index (χ4n) is 5.11. The lowest BCUT2D eigenvalue weighted by atomic mass is 9.98. The molecule has 1 fully saturated rings. The summed E-state index contributed by atoms with van der Waals surface area (Å²) < 4.78 is 70.5. The van der Waals surface area contributed by atoms with Crippen molar-refractivity contribution in [3.05, 3.63) is 96.8 Å². The average molecular weight is 609 g/mol. The quantitative estimate of drug-likeness (QED) is 0.283. The lowest BCUT2D eigenvalue weighted by Gasteiger charge is -2.36. The minimum absolute atomic E-state index is 0.0172. The van der Waals surface area contributed by atoms with Crippen LogP contribution in [0.2, 0.25) is 0 Å². The van der Waals surface area contributed by atoms with Crippen molar-refractivity contribution >= 4 is 42.5 Å². The van der Waals surface area contributed by atoms with E-state index < -0.39 is 25.7 Å². The molecule has 1 saturated heterocycles. The number of piperazine rings is 1. The highest BCUT2D eigenvalue weighted by atomic mass is 32.2. The summed E-state index contributed by atoms with van der Waals surface area (Å²) in [5.74, 6) is -0.760. The maximum Gasteiger partial charge on any atom is 0.302 e. The summed E-state index contributed by atoms with van der Waals surface area (Å²) in [4.78, 5) is 21.8. The van der Waals surface area contributed by atoms with Gasteiger partial charge >= 0.3 is 10.0 Å². The van der Waals surface area contributed by atoms with Crippen LogP contribution in [-0.2, 0) is 19.9 Å². The first-order valence-corrected chi connectivity index (χ1v) is 16.3. The van der Waals surface area contributed by atoms with Crippen LogP contribution in [0.4, 0.5) is 10.1 Å². The maximum absolute atomic E-state index is 13.8. The van der Waals surface area contributed by atoms with Gasteiger partial charge in [-0.15, -0.1) is 0 Å². The van der Waals surface area contributed by atoms with Crippen molar-refractivity contribution in [1.82, 2.24) is 13.9 Å². The molecule has 3 aromatic heterocycles. The van der Waals surface area contributed by atoms with E-state index in [0.717, 1.165) is 15.9 Å². The van der Waals surface area contributed by atoms with Crippen LogP contribution in [0.5, 0.6) is 0 Å². The second-order valence-corrected chi connectivity index (χ2v) is 13.6. The number of hydrogen-bond acceptors (Lipinski definition) is 8. The molecule has 1 aliphatic rings. The molecule has 1 aliphatic heterocycles. The summed E-state index contributed by atoms with van der Waals surface area (Å²) in [6, 6.07) is 16.4. The van der Waals surface area contributed by atoms with Crippen molar-refractivity contribution < 1.29 is 30.4 Å². The van der Waals surface area contributed by atoms with Gasteiger partial charge in [0, 0.05) is 61.5 Å². The van der Waals surface area contributed by atoms with Crippen LogP contribution in [-0.4, -0.2) is 69.0 Å². The molecule has 13 heteroatoms. The topological polar surface area (TPSA) is 123 Å². The maximum atomic E-state index is 13.8. The summed E-state index contributed by atoms with van der Waals surface area (Å²) in [5, 5.41) is 0.436. The molecule has 4 heterocycles. The first-order chi connectivity index (χ1) is 20.0. The predicted molar refractivity (Wildman–Crippen MR) is 154 cm³/mol. The Morgan fingerprint density at radius 3 is 2.33 bits per heavy atom. The third-order valence-electron chi connectivity index (χ3n) is 7.25. The molecule has 0 radical (unpaired) electrons. The van der Waals surface area contributed by atoms with Crippen molar-refractivity contribution in [2.24, 2.45) is 0 Å². The molecular weight excluding hydrogens is 583 g/mol. The molecule has 1 amide bonds. The highest BCUT2D eigenvalue weighted by Crippen LogP contribution is 2.31. The number of anilines is 1. The minimum Gasteiger partial charge on any atom is -0.451 e. The zero-order valence-electron chi connectivity index (χ0n) is 22.3. The number of pyridine rings is 1. The zero-order chi connectivity index (χ0) is 29.6. The van der Waals surface area contributed by atoms with E-state index in [9.17, 15) is 26.0 Å². The Balaban J connectivity index is 1.27. The fourth-order valence-corrected chi connectivity index (χ4v) is 6.97. The fraction of sp³-hybridized carbons (Fsp3) is 0.172. The van der Waals surface area contributed by atoms with Gasteiger partial charge in [0.05, 0.1) is 11.2 Å². The van der Waals surface area contributed by atoms with E-state index in [1.807, 2.05) is 4.90 Å². The molecule has 0 saturated carbocycles. The number of rotatable bonds is 6. The lowest BCUT2D eigenvalue weighted by molar-refractivity contribution is 0.0747. The van der Waals surface area contributed by atoms with Gasteiger partial charge in [-0.2, -0.15) is 8.42 Å². The number of halogens is 1. The first kappa shape index (κ1) is 27.7. The smallest absolute Gasteiger partial charge is 0.302 e. The number of fused-ring (bicyclic) bond motifs is 1. The van der Waals surface area contributed by atoms with Gasteiger partial charge in [0.15, 0.2) is 15.5 Å². The molecule has 0 unspecified atom stereocenters. The molecule has 42 heavy (non-hydrogen) atoms. The molecule has 0 spiro atoms. The van der Waals surface area contributed by atoms with Crippen molar-refractivity contribution in [3.63, 3.8) is 0 Å². The van der Waals surface area contributed by atoms with E-state index in [4.69, 9.17) is 4.42 Å². The highest BCUT2D eigenvalue weighted by Gasteiger charge is 2.28. The van der Waals surface area contributed by atoms with Crippen molar-refractivity contribution in [1.29, 1.82) is 0 Å². The largest absolute Gasteiger partial charge is 0.451 e. The van der Waals surface area contributed by atoms with Crippen molar-refractivity contribution in [2.45, 2.75) is 9.99 Å². The second-order valence-electron chi connectivity index (χ2n) is 9.88. The van der Waals surface area contributed by atoms with E-state index >= 15 is 0 Å². The summed E-state index contributed by atoms with van der Waals surface area (Å²) in [5.41, 5.74) is 2.33. The average Bonchev–Trinajstić information content (AvgIpc) is 3.68. The molecule has 0 bridgehead atoms. The van der Waals surface area contributed by atoms with E-state index in [2.05, 4.69) is 4.98 Å². The van der Waals surface area contributed by atoms with Gasteiger partial charge in [-0.25, -0.2) is 21.8 Å². The first-order valence-electron chi connectivity index (χ1n) is 12.9. The van der Waals surface area contributed by atoms with Crippen molar-refractivity contribution in [3.8, 4) is 11.1 Å². The number of nitrogens with zero attached hydrogens (tertiary/aromatic N) is 4. The van der Waals surface area contributed by atoms with Gasteiger partial charge in [0.25, 0.3) is 5.91 Å². The number of sulfone groups is 1. The Kier molecular flexibility index (Phi) is 6.86. The number of carbonyl (C=O) groups is 1. The Labute approximate surface area is 241 Å². The Hall–Kier alpha value is -4.49. The molecule has 0 N–H and O–H groups in total. The van der Waals surface area contributed by atoms with Gasteiger partial charge in [-0.05, 0) is 59.7 Å². The van der Waals surface area contributed by atoms with Gasteiger partial charge in [-0.3, -0.25) is 4.79 Å². The molecule has 216 valence electrons.